The highest BCUT2D eigenvalue weighted by Crippen LogP contribution is 2.36. The number of carbonyl (C=O) groups excluding carboxylic acids is 3. The van der Waals surface area contributed by atoms with Crippen molar-refractivity contribution in [2.45, 2.75) is 45.2 Å². The van der Waals surface area contributed by atoms with Crippen molar-refractivity contribution in [3.8, 4) is 11.5 Å². The molecule has 3 unspecified atom stereocenters. The van der Waals surface area contributed by atoms with Crippen LogP contribution in [0.2, 0.25) is 0 Å². The van der Waals surface area contributed by atoms with E-state index in [-0.39, 0.29) is 49.3 Å². The largest absolute Gasteiger partial charge is 0.497 e. The zero-order valence-electron chi connectivity index (χ0n) is 19.2. The number of benzene rings is 1. The molecular formula is C23H33N3O6. The third-order valence-corrected chi connectivity index (χ3v) is 6.27. The Morgan fingerprint density at radius 2 is 2.00 bits per heavy atom. The first kappa shape index (κ1) is 23.8. The summed E-state index contributed by atoms with van der Waals surface area (Å²) in [5.74, 6) is -0.313. The van der Waals surface area contributed by atoms with E-state index in [1.165, 1.54) is 12.0 Å². The SMILES string of the molecule is COc1ccc(OC)c(N2CC(C(=O)NC(C(=O)N3CCCC3CO)C(C)C)CC2=O)c1. The summed E-state index contributed by atoms with van der Waals surface area (Å²) in [7, 11) is 3.06. The van der Waals surface area contributed by atoms with E-state index in [9.17, 15) is 19.5 Å². The maximum atomic E-state index is 13.1. The Labute approximate surface area is 188 Å². The van der Waals surface area contributed by atoms with Crippen molar-refractivity contribution in [3.63, 3.8) is 0 Å². The van der Waals surface area contributed by atoms with Gasteiger partial charge in [-0.3, -0.25) is 14.4 Å². The van der Waals surface area contributed by atoms with Crippen LogP contribution in [0.25, 0.3) is 0 Å². The number of carbonyl (C=O) groups is 3. The van der Waals surface area contributed by atoms with Crippen LogP contribution in [0.5, 0.6) is 11.5 Å². The fourth-order valence-corrected chi connectivity index (χ4v) is 4.40. The van der Waals surface area contributed by atoms with Gasteiger partial charge in [-0.1, -0.05) is 13.8 Å². The Balaban J connectivity index is 1.73. The van der Waals surface area contributed by atoms with Crippen molar-refractivity contribution in [3.05, 3.63) is 18.2 Å². The number of amides is 3. The van der Waals surface area contributed by atoms with Crippen LogP contribution in [0.4, 0.5) is 5.69 Å². The van der Waals surface area contributed by atoms with Gasteiger partial charge in [0.2, 0.25) is 17.7 Å². The van der Waals surface area contributed by atoms with E-state index in [4.69, 9.17) is 9.47 Å². The maximum absolute atomic E-state index is 13.1. The smallest absolute Gasteiger partial charge is 0.245 e. The van der Waals surface area contributed by atoms with Crippen LogP contribution >= 0.6 is 0 Å². The second-order valence-electron chi connectivity index (χ2n) is 8.68. The average Bonchev–Trinajstić information content (AvgIpc) is 3.42. The second-order valence-corrected chi connectivity index (χ2v) is 8.68. The Bertz CT molecular complexity index is 858. The number of nitrogens with zero attached hydrogens (tertiary/aromatic N) is 2. The third-order valence-electron chi connectivity index (χ3n) is 6.27. The molecule has 9 heteroatoms. The monoisotopic (exact) mass is 447 g/mol. The maximum Gasteiger partial charge on any atom is 0.245 e. The van der Waals surface area contributed by atoms with Crippen molar-refractivity contribution in [1.82, 2.24) is 10.2 Å². The highest BCUT2D eigenvalue weighted by atomic mass is 16.5. The topological polar surface area (TPSA) is 108 Å². The van der Waals surface area contributed by atoms with Crippen LogP contribution in [0, 0.1) is 11.8 Å². The summed E-state index contributed by atoms with van der Waals surface area (Å²) in [4.78, 5) is 42.1. The summed E-state index contributed by atoms with van der Waals surface area (Å²) in [6, 6.07) is 4.26. The normalized spacial score (nSPS) is 21.8. The predicted molar refractivity (Wildman–Crippen MR) is 119 cm³/mol. The summed E-state index contributed by atoms with van der Waals surface area (Å²) in [6.45, 7) is 4.43. The van der Waals surface area contributed by atoms with Gasteiger partial charge in [-0.15, -0.1) is 0 Å². The molecule has 1 aromatic rings. The van der Waals surface area contributed by atoms with Gasteiger partial charge < -0.3 is 29.7 Å². The van der Waals surface area contributed by atoms with E-state index in [1.807, 2.05) is 13.8 Å². The van der Waals surface area contributed by atoms with Gasteiger partial charge in [-0.2, -0.15) is 0 Å². The Morgan fingerprint density at radius 3 is 2.62 bits per heavy atom. The van der Waals surface area contributed by atoms with Crippen molar-refractivity contribution in [2.75, 3.05) is 38.8 Å². The molecule has 0 bridgehead atoms. The second kappa shape index (κ2) is 10.2. The summed E-state index contributed by atoms with van der Waals surface area (Å²) in [6.07, 6.45) is 1.65. The van der Waals surface area contributed by atoms with Gasteiger partial charge in [-0.05, 0) is 30.9 Å². The zero-order valence-corrected chi connectivity index (χ0v) is 19.2. The molecule has 2 saturated heterocycles. The fraction of sp³-hybridized carbons (Fsp3) is 0.609. The van der Waals surface area contributed by atoms with Crippen molar-refractivity contribution < 1.29 is 29.0 Å². The number of hydrogen-bond acceptors (Lipinski definition) is 6. The van der Waals surface area contributed by atoms with Crippen LogP contribution in [-0.2, 0) is 14.4 Å². The first-order valence-corrected chi connectivity index (χ1v) is 11.0. The molecule has 2 aliphatic rings. The lowest BCUT2D eigenvalue weighted by atomic mass is 10.00. The van der Waals surface area contributed by atoms with Gasteiger partial charge in [0.05, 0.1) is 38.5 Å². The molecule has 0 saturated carbocycles. The number of rotatable bonds is 8. The summed E-state index contributed by atoms with van der Waals surface area (Å²) >= 11 is 0. The van der Waals surface area contributed by atoms with Crippen molar-refractivity contribution in [1.29, 1.82) is 0 Å². The summed E-state index contributed by atoms with van der Waals surface area (Å²) in [5, 5.41) is 12.4. The lowest BCUT2D eigenvalue weighted by Crippen LogP contribution is -2.54. The highest BCUT2D eigenvalue weighted by molar-refractivity contribution is 6.02. The molecule has 3 amide bonds. The number of hydrogen-bond donors (Lipinski definition) is 2. The lowest BCUT2D eigenvalue weighted by Gasteiger charge is -2.31. The van der Waals surface area contributed by atoms with Crippen LogP contribution in [0.1, 0.15) is 33.1 Å². The van der Waals surface area contributed by atoms with Crippen LogP contribution in [0.15, 0.2) is 18.2 Å². The minimum absolute atomic E-state index is 0.0498. The van der Waals surface area contributed by atoms with Gasteiger partial charge in [0, 0.05) is 25.6 Å². The van der Waals surface area contributed by atoms with Gasteiger partial charge in [0.25, 0.3) is 0 Å². The number of aliphatic hydroxyl groups is 1. The molecule has 0 aromatic heterocycles. The minimum atomic E-state index is -0.704. The molecule has 3 rings (SSSR count). The molecule has 0 spiro atoms. The number of ether oxygens (including phenoxy) is 2. The van der Waals surface area contributed by atoms with Gasteiger partial charge >= 0.3 is 0 Å². The Hall–Kier alpha value is -2.81. The molecule has 2 N–H and O–H groups in total. The first-order chi connectivity index (χ1) is 15.3. The number of likely N-dealkylation sites (tertiary alicyclic amines) is 1. The number of aliphatic hydroxyl groups excluding tert-OH is 1. The fourth-order valence-electron chi connectivity index (χ4n) is 4.40. The quantitative estimate of drug-likeness (QED) is 0.620. The molecule has 0 aliphatic carbocycles. The molecule has 9 nitrogen and oxygen atoms in total. The van der Waals surface area contributed by atoms with E-state index in [2.05, 4.69) is 5.32 Å². The first-order valence-electron chi connectivity index (χ1n) is 11.0. The molecule has 0 radical (unpaired) electrons. The lowest BCUT2D eigenvalue weighted by molar-refractivity contribution is -0.139. The molecule has 2 fully saturated rings. The molecule has 176 valence electrons. The average molecular weight is 448 g/mol. The van der Waals surface area contributed by atoms with E-state index in [0.29, 0.717) is 23.7 Å². The van der Waals surface area contributed by atoms with E-state index >= 15 is 0 Å². The van der Waals surface area contributed by atoms with E-state index < -0.39 is 12.0 Å². The van der Waals surface area contributed by atoms with E-state index in [1.54, 1.807) is 30.2 Å². The molecular weight excluding hydrogens is 414 g/mol. The zero-order chi connectivity index (χ0) is 23.4. The van der Waals surface area contributed by atoms with Crippen LogP contribution in [0.3, 0.4) is 0 Å². The number of methoxy groups -OCH3 is 2. The van der Waals surface area contributed by atoms with Crippen LogP contribution in [-0.4, -0.2) is 73.7 Å². The minimum Gasteiger partial charge on any atom is -0.497 e. The number of nitrogens with one attached hydrogen (secondary N) is 1. The molecule has 32 heavy (non-hydrogen) atoms. The molecule has 2 heterocycles. The van der Waals surface area contributed by atoms with Crippen molar-refractivity contribution in [2.24, 2.45) is 11.8 Å². The molecule has 2 aliphatic heterocycles. The van der Waals surface area contributed by atoms with Gasteiger partial charge in [0.15, 0.2) is 0 Å². The van der Waals surface area contributed by atoms with Crippen molar-refractivity contribution >= 4 is 23.4 Å². The third kappa shape index (κ3) is 4.82. The van der Waals surface area contributed by atoms with Crippen LogP contribution < -0.4 is 19.7 Å². The Kier molecular flexibility index (Phi) is 7.60. The standard InChI is InChI=1S/C23H33N3O6/c1-14(2)21(23(30)25-9-5-6-16(25)13-27)24-22(29)15-10-20(28)26(12-15)18-11-17(31-3)7-8-19(18)32-4/h7-8,11,14-16,21,27H,5-6,9-10,12-13H2,1-4H3,(H,24,29). The predicted octanol–water partition coefficient (Wildman–Crippen LogP) is 1.18. The summed E-state index contributed by atoms with van der Waals surface area (Å²) in [5.41, 5.74) is 0.548. The molecule has 3 atom stereocenters. The number of anilines is 1. The van der Waals surface area contributed by atoms with E-state index in [0.717, 1.165) is 12.8 Å². The van der Waals surface area contributed by atoms with Gasteiger partial charge in [0.1, 0.15) is 17.5 Å². The molecule has 1 aromatic carbocycles. The highest BCUT2D eigenvalue weighted by Gasteiger charge is 2.40. The summed E-state index contributed by atoms with van der Waals surface area (Å²) < 4.78 is 10.6. The Morgan fingerprint density at radius 1 is 1.25 bits per heavy atom. The van der Waals surface area contributed by atoms with Gasteiger partial charge in [-0.25, -0.2) is 0 Å².